The fourth-order valence-electron chi connectivity index (χ4n) is 1.70. The molecule has 0 amide bonds. The van der Waals surface area contributed by atoms with Gasteiger partial charge < -0.3 is 15.7 Å². The summed E-state index contributed by atoms with van der Waals surface area (Å²) in [6.45, 7) is 3.13. The van der Waals surface area contributed by atoms with Gasteiger partial charge >= 0.3 is 0 Å². The summed E-state index contributed by atoms with van der Waals surface area (Å²) in [6.07, 6.45) is 3.63. The number of hydrogen-bond donors (Lipinski definition) is 2. The van der Waals surface area contributed by atoms with Gasteiger partial charge in [0.1, 0.15) is 12.4 Å². The van der Waals surface area contributed by atoms with E-state index in [4.69, 9.17) is 27.3 Å². The maximum Gasteiger partial charge on any atom is 0.173 e. The minimum absolute atomic E-state index is 0.0269. The van der Waals surface area contributed by atoms with Crippen LogP contribution in [0.3, 0.4) is 0 Å². The summed E-state index contributed by atoms with van der Waals surface area (Å²) in [5.41, 5.74) is 7.01. The second-order valence-electron chi connectivity index (χ2n) is 4.12. The molecule has 106 valence electrons. The molecule has 0 atom stereocenters. The van der Waals surface area contributed by atoms with Crippen LogP contribution in [-0.4, -0.2) is 20.8 Å². The zero-order valence-corrected chi connectivity index (χ0v) is 11.7. The van der Waals surface area contributed by atoms with Crippen LogP contribution >= 0.6 is 11.6 Å². The zero-order valence-electron chi connectivity index (χ0n) is 11.0. The van der Waals surface area contributed by atoms with Crippen LogP contribution in [0.4, 0.5) is 0 Å². The van der Waals surface area contributed by atoms with E-state index >= 15 is 0 Å². The fourth-order valence-corrected chi connectivity index (χ4v) is 1.86. The van der Waals surface area contributed by atoms with Gasteiger partial charge in [-0.2, -0.15) is 5.10 Å². The zero-order chi connectivity index (χ0) is 14.5. The number of aryl methyl sites for hydroxylation is 1. The van der Waals surface area contributed by atoms with E-state index in [2.05, 4.69) is 10.3 Å². The largest absolute Gasteiger partial charge is 0.488 e. The minimum atomic E-state index is -0.0269. The Labute approximate surface area is 121 Å². The number of hydrogen-bond acceptors (Lipinski definition) is 4. The van der Waals surface area contributed by atoms with Gasteiger partial charge in [-0.15, -0.1) is 0 Å². The summed E-state index contributed by atoms with van der Waals surface area (Å²) in [5, 5.41) is 16.4. The number of nitrogens with zero attached hydrogens (tertiary/aromatic N) is 3. The van der Waals surface area contributed by atoms with Crippen LogP contribution < -0.4 is 10.5 Å². The Morgan fingerprint density at radius 3 is 3.00 bits per heavy atom. The molecule has 0 aliphatic rings. The summed E-state index contributed by atoms with van der Waals surface area (Å²) in [4.78, 5) is 0. The Bertz CT molecular complexity index is 625. The number of rotatable bonds is 5. The summed E-state index contributed by atoms with van der Waals surface area (Å²) in [7, 11) is 0. The standard InChI is InChI=1S/C13H15ClN4O2/c1-2-18-7-9(6-16-18)8-20-12-5-10(14)3-4-11(12)13(15)17-19/h3-7,19H,2,8H2,1H3,(H2,15,17). The molecule has 0 aliphatic carbocycles. The third-order valence-corrected chi connectivity index (χ3v) is 2.97. The van der Waals surface area contributed by atoms with Crippen LogP contribution in [0.2, 0.25) is 5.02 Å². The Morgan fingerprint density at radius 1 is 1.55 bits per heavy atom. The molecule has 0 bridgehead atoms. The molecule has 0 saturated heterocycles. The van der Waals surface area contributed by atoms with Gasteiger partial charge in [0.15, 0.2) is 5.84 Å². The third kappa shape index (κ3) is 3.21. The first-order valence-corrected chi connectivity index (χ1v) is 6.43. The predicted octanol–water partition coefficient (Wildman–Crippen LogP) is 2.23. The average Bonchev–Trinajstić information content (AvgIpc) is 2.92. The summed E-state index contributed by atoms with van der Waals surface area (Å²) >= 11 is 5.93. The highest BCUT2D eigenvalue weighted by Gasteiger charge is 2.10. The van der Waals surface area contributed by atoms with Crippen molar-refractivity contribution in [2.75, 3.05) is 0 Å². The molecule has 0 unspecified atom stereocenters. The molecule has 2 rings (SSSR count). The van der Waals surface area contributed by atoms with Crippen LogP contribution in [-0.2, 0) is 13.2 Å². The van der Waals surface area contributed by atoms with Crippen molar-refractivity contribution in [3.8, 4) is 5.75 Å². The van der Waals surface area contributed by atoms with E-state index in [1.165, 1.54) is 0 Å². The molecule has 0 aliphatic heterocycles. The van der Waals surface area contributed by atoms with Gasteiger partial charge in [-0.25, -0.2) is 0 Å². The number of amidine groups is 1. The van der Waals surface area contributed by atoms with Crippen LogP contribution in [0.5, 0.6) is 5.75 Å². The SMILES string of the molecule is CCn1cc(COc2cc(Cl)ccc2/C(N)=N/O)cn1. The van der Waals surface area contributed by atoms with Crippen molar-refractivity contribution in [2.24, 2.45) is 10.9 Å². The van der Waals surface area contributed by atoms with Gasteiger partial charge in [0, 0.05) is 23.3 Å². The average molecular weight is 295 g/mol. The molecule has 1 heterocycles. The van der Waals surface area contributed by atoms with Gasteiger partial charge in [0.05, 0.1) is 11.8 Å². The summed E-state index contributed by atoms with van der Waals surface area (Å²) in [5.74, 6) is 0.429. The summed E-state index contributed by atoms with van der Waals surface area (Å²) < 4.78 is 7.48. The number of ether oxygens (including phenoxy) is 1. The number of aromatic nitrogens is 2. The molecule has 0 saturated carbocycles. The van der Waals surface area contributed by atoms with Crippen LogP contribution in [0.15, 0.2) is 35.7 Å². The van der Waals surface area contributed by atoms with Gasteiger partial charge in [-0.05, 0) is 25.1 Å². The highest BCUT2D eigenvalue weighted by atomic mass is 35.5. The topological polar surface area (TPSA) is 85.7 Å². The van der Waals surface area contributed by atoms with E-state index in [0.717, 1.165) is 12.1 Å². The predicted molar refractivity (Wildman–Crippen MR) is 76.2 cm³/mol. The van der Waals surface area contributed by atoms with Crippen molar-refractivity contribution in [3.63, 3.8) is 0 Å². The Hall–Kier alpha value is -2.21. The maximum absolute atomic E-state index is 8.76. The molecule has 0 radical (unpaired) electrons. The van der Waals surface area contributed by atoms with Crippen molar-refractivity contribution < 1.29 is 9.94 Å². The van der Waals surface area contributed by atoms with Gasteiger partial charge in [-0.1, -0.05) is 16.8 Å². The number of halogens is 1. The lowest BCUT2D eigenvalue weighted by Gasteiger charge is -2.10. The Kier molecular flexibility index (Phi) is 4.47. The van der Waals surface area contributed by atoms with E-state index < -0.39 is 0 Å². The summed E-state index contributed by atoms with van der Waals surface area (Å²) in [6, 6.07) is 4.91. The second-order valence-corrected chi connectivity index (χ2v) is 4.56. The van der Waals surface area contributed by atoms with Gasteiger partial charge in [0.25, 0.3) is 0 Å². The Balaban J connectivity index is 2.17. The molecule has 3 N–H and O–H groups in total. The maximum atomic E-state index is 8.76. The number of oxime groups is 1. The molecule has 0 fully saturated rings. The quantitative estimate of drug-likeness (QED) is 0.383. The minimum Gasteiger partial charge on any atom is -0.488 e. The lowest BCUT2D eigenvalue weighted by molar-refractivity contribution is 0.303. The van der Waals surface area contributed by atoms with E-state index in [1.807, 2.05) is 13.1 Å². The first kappa shape index (κ1) is 14.2. The molecule has 20 heavy (non-hydrogen) atoms. The molecule has 1 aromatic carbocycles. The number of benzene rings is 1. The molecule has 6 nitrogen and oxygen atoms in total. The third-order valence-electron chi connectivity index (χ3n) is 2.73. The Morgan fingerprint density at radius 2 is 2.35 bits per heavy atom. The molecule has 1 aromatic heterocycles. The van der Waals surface area contributed by atoms with Gasteiger partial charge in [0.2, 0.25) is 0 Å². The highest BCUT2D eigenvalue weighted by molar-refractivity contribution is 6.30. The lowest BCUT2D eigenvalue weighted by Crippen LogP contribution is -2.14. The van der Waals surface area contributed by atoms with Crippen LogP contribution in [0, 0.1) is 0 Å². The van der Waals surface area contributed by atoms with Crippen LogP contribution in [0.25, 0.3) is 0 Å². The van der Waals surface area contributed by atoms with E-state index in [0.29, 0.717) is 22.9 Å². The van der Waals surface area contributed by atoms with Crippen molar-refractivity contribution in [1.82, 2.24) is 9.78 Å². The molecule has 0 spiro atoms. The molecule has 7 heteroatoms. The first-order valence-electron chi connectivity index (χ1n) is 6.05. The van der Waals surface area contributed by atoms with E-state index in [-0.39, 0.29) is 5.84 Å². The highest BCUT2D eigenvalue weighted by Crippen LogP contribution is 2.24. The van der Waals surface area contributed by atoms with E-state index in [1.54, 1.807) is 29.1 Å². The molecular formula is C13H15ClN4O2. The van der Waals surface area contributed by atoms with Crippen molar-refractivity contribution in [1.29, 1.82) is 0 Å². The second kappa shape index (κ2) is 6.29. The van der Waals surface area contributed by atoms with Gasteiger partial charge in [-0.3, -0.25) is 4.68 Å². The monoisotopic (exact) mass is 294 g/mol. The van der Waals surface area contributed by atoms with Crippen molar-refractivity contribution >= 4 is 17.4 Å². The smallest absolute Gasteiger partial charge is 0.173 e. The number of nitrogens with two attached hydrogens (primary N) is 1. The normalized spacial score (nSPS) is 11.6. The van der Waals surface area contributed by atoms with Crippen molar-refractivity contribution in [2.45, 2.75) is 20.1 Å². The first-order chi connectivity index (χ1) is 9.63. The fraction of sp³-hybridized carbons (Fsp3) is 0.231. The van der Waals surface area contributed by atoms with Crippen molar-refractivity contribution in [3.05, 3.63) is 46.7 Å². The lowest BCUT2D eigenvalue weighted by atomic mass is 10.2. The van der Waals surface area contributed by atoms with E-state index in [9.17, 15) is 0 Å². The van der Waals surface area contributed by atoms with Crippen LogP contribution in [0.1, 0.15) is 18.1 Å². The molecule has 2 aromatic rings. The molecular weight excluding hydrogens is 280 g/mol.